The van der Waals surface area contributed by atoms with Gasteiger partial charge in [0, 0.05) is 17.7 Å². The number of ether oxygens (including phenoxy) is 3. The smallest absolute Gasteiger partial charge is 0.303 e. The Bertz CT molecular complexity index is 468. The van der Waals surface area contributed by atoms with Crippen molar-refractivity contribution in [2.45, 2.75) is 33.1 Å². The van der Waals surface area contributed by atoms with Crippen molar-refractivity contribution in [3.63, 3.8) is 0 Å². The summed E-state index contributed by atoms with van der Waals surface area (Å²) in [4.78, 5) is 10.9. The fraction of sp³-hybridized carbons (Fsp3) is 0.562. The summed E-state index contributed by atoms with van der Waals surface area (Å²) >= 11 is 0. The molecule has 0 unspecified atom stereocenters. The molecule has 5 heteroatoms. The number of benzene rings is 1. The monoisotopic (exact) mass is 296 g/mol. The second-order valence-corrected chi connectivity index (χ2v) is 5.75. The zero-order chi connectivity index (χ0) is 16.0. The Hall–Kier alpha value is -1.91. The molecule has 0 aliphatic carbocycles. The average Bonchev–Trinajstić information content (AvgIpc) is 2.42. The number of hydrogen-bond donors (Lipinski definition) is 1. The van der Waals surface area contributed by atoms with Crippen molar-refractivity contribution in [1.29, 1.82) is 0 Å². The van der Waals surface area contributed by atoms with E-state index in [-0.39, 0.29) is 11.8 Å². The first-order chi connectivity index (χ1) is 9.82. The average molecular weight is 296 g/mol. The van der Waals surface area contributed by atoms with Crippen LogP contribution in [0.3, 0.4) is 0 Å². The van der Waals surface area contributed by atoms with E-state index in [2.05, 4.69) is 0 Å². The van der Waals surface area contributed by atoms with E-state index in [9.17, 15) is 4.79 Å². The molecule has 0 saturated heterocycles. The van der Waals surface area contributed by atoms with Gasteiger partial charge in [0.2, 0.25) is 0 Å². The Balaban J connectivity index is 2.99. The van der Waals surface area contributed by atoms with Crippen LogP contribution >= 0.6 is 0 Å². The highest BCUT2D eigenvalue weighted by molar-refractivity contribution is 5.67. The third-order valence-corrected chi connectivity index (χ3v) is 3.50. The molecule has 1 aromatic rings. The normalized spacial score (nSPS) is 11.1. The highest BCUT2D eigenvalue weighted by Crippen LogP contribution is 2.37. The molecule has 0 heterocycles. The van der Waals surface area contributed by atoms with E-state index < -0.39 is 5.97 Å². The Morgan fingerprint density at radius 3 is 2.00 bits per heavy atom. The number of carbonyl (C=O) groups is 1. The van der Waals surface area contributed by atoms with E-state index in [0.29, 0.717) is 23.7 Å². The van der Waals surface area contributed by atoms with Crippen LogP contribution in [0.4, 0.5) is 0 Å². The molecule has 1 aromatic carbocycles. The predicted octanol–water partition coefficient (Wildman–Crippen LogP) is 3.15. The lowest BCUT2D eigenvalue weighted by atomic mass is 9.83. The van der Waals surface area contributed by atoms with Gasteiger partial charge in [0.15, 0.2) is 0 Å². The molecule has 0 radical (unpaired) electrons. The molecular weight excluding hydrogens is 272 g/mol. The van der Waals surface area contributed by atoms with Gasteiger partial charge in [-0.15, -0.1) is 0 Å². The van der Waals surface area contributed by atoms with Crippen LogP contribution in [0.15, 0.2) is 12.1 Å². The van der Waals surface area contributed by atoms with Gasteiger partial charge in [0.25, 0.3) is 0 Å². The SMILES string of the molecule is COc1cc(OC)c(CCC(C)(C)CC(=O)O)c(OC)c1. The van der Waals surface area contributed by atoms with Crippen molar-refractivity contribution >= 4 is 5.97 Å². The first-order valence-corrected chi connectivity index (χ1v) is 6.83. The van der Waals surface area contributed by atoms with Crippen LogP contribution < -0.4 is 14.2 Å². The summed E-state index contributed by atoms with van der Waals surface area (Å²) in [5, 5.41) is 8.95. The third kappa shape index (κ3) is 4.85. The maximum absolute atomic E-state index is 10.9. The lowest BCUT2D eigenvalue weighted by Crippen LogP contribution is -2.18. The van der Waals surface area contributed by atoms with E-state index in [4.69, 9.17) is 19.3 Å². The first kappa shape index (κ1) is 17.1. The second-order valence-electron chi connectivity index (χ2n) is 5.75. The van der Waals surface area contributed by atoms with Gasteiger partial charge in [-0.2, -0.15) is 0 Å². The van der Waals surface area contributed by atoms with E-state index in [1.807, 2.05) is 26.0 Å². The molecule has 0 aromatic heterocycles. The molecule has 1 rings (SSSR count). The molecule has 0 fully saturated rings. The zero-order valence-corrected chi connectivity index (χ0v) is 13.4. The summed E-state index contributed by atoms with van der Waals surface area (Å²) in [7, 11) is 4.78. The quantitative estimate of drug-likeness (QED) is 0.798. The fourth-order valence-electron chi connectivity index (χ4n) is 2.29. The van der Waals surface area contributed by atoms with Gasteiger partial charge >= 0.3 is 5.97 Å². The molecule has 0 aliphatic heterocycles. The van der Waals surface area contributed by atoms with Crippen molar-refractivity contribution in [3.8, 4) is 17.2 Å². The Labute approximate surface area is 125 Å². The van der Waals surface area contributed by atoms with Crippen molar-refractivity contribution in [1.82, 2.24) is 0 Å². The number of carboxylic acids is 1. The Morgan fingerprint density at radius 1 is 1.10 bits per heavy atom. The number of methoxy groups -OCH3 is 3. The van der Waals surface area contributed by atoms with Gasteiger partial charge in [0.05, 0.1) is 27.8 Å². The third-order valence-electron chi connectivity index (χ3n) is 3.50. The minimum atomic E-state index is -0.784. The second kappa shape index (κ2) is 7.20. The van der Waals surface area contributed by atoms with Crippen molar-refractivity contribution in [2.75, 3.05) is 21.3 Å². The summed E-state index contributed by atoms with van der Waals surface area (Å²) < 4.78 is 16.0. The summed E-state index contributed by atoms with van der Waals surface area (Å²) in [6.45, 7) is 3.90. The molecular formula is C16H24O5. The highest BCUT2D eigenvalue weighted by atomic mass is 16.5. The first-order valence-electron chi connectivity index (χ1n) is 6.83. The molecule has 118 valence electrons. The summed E-state index contributed by atoms with van der Waals surface area (Å²) in [6.07, 6.45) is 1.53. The van der Waals surface area contributed by atoms with Crippen LogP contribution in [0.25, 0.3) is 0 Å². The molecule has 0 bridgehead atoms. The van der Waals surface area contributed by atoms with Gasteiger partial charge in [0.1, 0.15) is 17.2 Å². The van der Waals surface area contributed by atoms with Gasteiger partial charge < -0.3 is 19.3 Å². The molecule has 21 heavy (non-hydrogen) atoms. The van der Waals surface area contributed by atoms with Crippen LogP contribution in [0.5, 0.6) is 17.2 Å². The number of rotatable bonds is 8. The van der Waals surface area contributed by atoms with Crippen LogP contribution in [-0.2, 0) is 11.2 Å². The van der Waals surface area contributed by atoms with Crippen LogP contribution in [-0.4, -0.2) is 32.4 Å². The Morgan fingerprint density at radius 2 is 1.62 bits per heavy atom. The van der Waals surface area contributed by atoms with E-state index in [1.54, 1.807) is 21.3 Å². The Kier molecular flexibility index (Phi) is 5.88. The zero-order valence-electron chi connectivity index (χ0n) is 13.4. The topological polar surface area (TPSA) is 65.0 Å². The molecule has 5 nitrogen and oxygen atoms in total. The van der Waals surface area contributed by atoms with Crippen molar-refractivity contribution < 1.29 is 24.1 Å². The molecule has 0 saturated carbocycles. The number of carboxylic acid groups (broad SMARTS) is 1. The minimum absolute atomic E-state index is 0.133. The highest BCUT2D eigenvalue weighted by Gasteiger charge is 2.23. The van der Waals surface area contributed by atoms with Crippen LogP contribution in [0, 0.1) is 5.41 Å². The van der Waals surface area contributed by atoms with Gasteiger partial charge in [-0.1, -0.05) is 13.8 Å². The molecule has 0 atom stereocenters. The summed E-state index contributed by atoms with van der Waals surface area (Å²) in [5.41, 5.74) is 0.640. The summed E-state index contributed by atoms with van der Waals surface area (Å²) in [6, 6.07) is 3.62. The molecule has 0 amide bonds. The lowest BCUT2D eigenvalue weighted by molar-refractivity contribution is -0.139. The van der Waals surface area contributed by atoms with E-state index >= 15 is 0 Å². The van der Waals surface area contributed by atoms with E-state index in [1.165, 1.54) is 0 Å². The van der Waals surface area contributed by atoms with Crippen molar-refractivity contribution in [3.05, 3.63) is 17.7 Å². The van der Waals surface area contributed by atoms with Crippen LogP contribution in [0.2, 0.25) is 0 Å². The van der Waals surface area contributed by atoms with Gasteiger partial charge in [-0.25, -0.2) is 0 Å². The summed E-state index contributed by atoms with van der Waals surface area (Å²) in [5.74, 6) is 1.26. The predicted molar refractivity (Wildman–Crippen MR) is 80.5 cm³/mol. The standard InChI is InChI=1S/C16H24O5/c1-16(2,10-15(17)18)7-6-12-13(20-4)8-11(19-3)9-14(12)21-5/h8-9H,6-7,10H2,1-5H3,(H,17,18). The largest absolute Gasteiger partial charge is 0.496 e. The van der Waals surface area contributed by atoms with Crippen molar-refractivity contribution in [2.24, 2.45) is 5.41 Å². The van der Waals surface area contributed by atoms with Gasteiger partial charge in [-0.05, 0) is 18.3 Å². The fourth-order valence-corrected chi connectivity index (χ4v) is 2.29. The maximum Gasteiger partial charge on any atom is 0.303 e. The maximum atomic E-state index is 10.9. The molecule has 0 spiro atoms. The van der Waals surface area contributed by atoms with Crippen LogP contribution in [0.1, 0.15) is 32.3 Å². The van der Waals surface area contributed by atoms with E-state index in [0.717, 1.165) is 12.0 Å². The molecule has 0 aliphatic rings. The minimum Gasteiger partial charge on any atom is -0.496 e. The number of hydrogen-bond acceptors (Lipinski definition) is 4. The van der Waals surface area contributed by atoms with Gasteiger partial charge in [-0.3, -0.25) is 4.79 Å². The lowest BCUT2D eigenvalue weighted by Gasteiger charge is -2.23. The number of aliphatic carboxylic acids is 1. The molecule has 1 N–H and O–H groups in total.